The van der Waals surface area contributed by atoms with E-state index in [9.17, 15) is 4.39 Å². The van der Waals surface area contributed by atoms with Crippen LogP contribution >= 0.6 is 0 Å². The second-order valence-corrected chi connectivity index (χ2v) is 2.35. The number of alkyl halides is 1. The molecule has 0 atom stereocenters. The summed E-state index contributed by atoms with van der Waals surface area (Å²) < 4.78 is 16.7. The molecule has 60 valence electrons. The maximum absolute atomic E-state index is 11.6. The molecule has 0 N–H and O–H groups in total. The van der Waals surface area contributed by atoms with Crippen LogP contribution in [0.5, 0.6) is 5.75 Å². The molecule has 0 radical (unpaired) electrons. The van der Waals surface area contributed by atoms with Crippen LogP contribution in [-0.4, -0.2) is 13.3 Å². The predicted molar refractivity (Wildman–Crippen MR) is 42.6 cm³/mol. The highest BCUT2D eigenvalue weighted by Gasteiger charge is 1.90. The summed E-state index contributed by atoms with van der Waals surface area (Å²) in [6.07, 6.45) is 0. The molecule has 0 aromatic heterocycles. The number of hydrogen-bond acceptors (Lipinski definition) is 1. The highest BCUT2D eigenvalue weighted by atomic mass is 19.1. The molecule has 1 rings (SSSR count). The molecule has 1 aromatic rings. The van der Waals surface area contributed by atoms with E-state index in [2.05, 4.69) is 0 Å². The molecular weight excluding hydrogens is 143 g/mol. The van der Waals surface area contributed by atoms with Crippen LogP contribution in [0.3, 0.4) is 0 Å². The normalized spacial score (nSPS) is 9.64. The summed E-state index contributed by atoms with van der Waals surface area (Å²) in [7, 11) is 0. The molecule has 11 heavy (non-hydrogen) atoms. The van der Waals surface area contributed by atoms with Crippen molar-refractivity contribution in [3.63, 3.8) is 0 Å². The first-order valence-corrected chi connectivity index (χ1v) is 3.58. The topological polar surface area (TPSA) is 9.23 Å². The average Bonchev–Trinajstić information content (AvgIpc) is 2.04. The third kappa shape index (κ3) is 2.58. The fourth-order valence-electron chi connectivity index (χ4n) is 0.791. The van der Waals surface area contributed by atoms with Crippen molar-refractivity contribution >= 4 is 0 Å². The summed E-state index contributed by atoms with van der Waals surface area (Å²) >= 11 is 0. The molecule has 0 saturated heterocycles. The van der Waals surface area contributed by atoms with Crippen LogP contribution in [0.15, 0.2) is 24.3 Å². The molecule has 0 aliphatic carbocycles. The highest BCUT2D eigenvalue weighted by molar-refractivity contribution is 5.26. The Kier molecular flexibility index (Phi) is 2.90. The minimum absolute atomic E-state index is 0.142. The molecule has 0 aliphatic rings. The van der Waals surface area contributed by atoms with Gasteiger partial charge in [0, 0.05) is 0 Å². The van der Waals surface area contributed by atoms with Crippen molar-refractivity contribution in [1.29, 1.82) is 0 Å². The van der Waals surface area contributed by atoms with E-state index >= 15 is 0 Å². The molecular formula is C9H11FO. The number of aryl methyl sites for hydroxylation is 1. The Balaban J connectivity index is 2.52. The fraction of sp³-hybridized carbons (Fsp3) is 0.333. The third-order valence-corrected chi connectivity index (χ3v) is 1.37. The summed E-state index contributed by atoms with van der Waals surface area (Å²) in [4.78, 5) is 0. The second kappa shape index (κ2) is 3.96. The highest BCUT2D eigenvalue weighted by Crippen LogP contribution is 2.10. The van der Waals surface area contributed by atoms with Crippen molar-refractivity contribution in [1.82, 2.24) is 0 Å². The smallest absolute Gasteiger partial charge is 0.123 e. The summed E-state index contributed by atoms with van der Waals surface area (Å²) in [5.41, 5.74) is 1.18. The summed E-state index contributed by atoms with van der Waals surface area (Å²) in [5, 5.41) is 0. The molecule has 0 bridgehead atoms. The lowest BCUT2D eigenvalue weighted by Gasteiger charge is -2.02. The first kappa shape index (κ1) is 8.05. The van der Waals surface area contributed by atoms with E-state index in [1.165, 1.54) is 5.56 Å². The van der Waals surface area contributed by atoms with E-state index in [0.29, 0.717) is 0 Å². The number of rotatable bonds is 3. The Morgan fingerprint density at radius 2 is 1.91 bits per heavy atom. The zero-order chi connectivity index (χ0) is 8.10. The summed E-state index contributed by atoms with van der Waals surface area (Å²) in [5.74, 6) is 0.730. The van der Waals surface area contributed by atoms with Crippen molar-refractivity contribution in [2.45, 2.75) is 6.92 Å². The number of benzene rings is 1. The lowest BCUT2D eigenvalue weighted by Crippen LogP contribution is -1.97. The van der Waals surface area contributed by atoms with Crippen LogP contribution in [0.25, 0.3) is 0 Å². The molecule has 0 heterocycles. The van der Waals surface area contributed by atoms with Gasteiger partial charge in [-0.1, -0.05) is 17.7 Å². The molecule has 1 nitrogen and oxygen atoms in total. The zero-order valence-electron chi connectivity index (χ0n) is 6.51. The molecule has 0 saturated carbocycles. The van der Waals surface area contributed by atoms with E-state index in [-0.39, 0.29) is 6.61 Å². The van der Waals surface area contributed by atoms with Gasteiger partial charge in [-0.25, -0.2) is 4.39 Å². The lowest BCUT2D eigenvalue weighted by molar-refractivity contribution is 0.273. The van der Waals surface area contributed by atoms with Crippen molar-refractivity contribution in [3.05, 3.63) is 29.8 Å². The molecule has 0 fully saturated rings. The van der Waals surface area contributed by atoms with Gasteiger partial charge in [0.2, 0.25) is 0 Å². The lowest BCUT2D eigenvalue weighted by atomic mass is 10.2. The second-order valence-electron chi connectivity index (χ2n) is 2.35. The predicted octanol–water partition coefficient (Wildman–Crippen LogP) is 2.34. The van der Waals surface area contributed by atoms with Crippen LogP contribution in [0, 0.1) is 6.92 Å². The van der Waals surface area contributed by atoms with E-state index < -0.39 is 6.67 Å². The van der Waals surface area contributed by atoms with Gasteiger partial charge in [-0.05, 0) is 19.1 Å². The van der Waals surface area contributed by atoms with Gasteiger partial charge in [-0.3, -0.25) is 0 Å². The first-order chi connectivity index (χ1) is 5.33. The van der Waals surface area contributed by atoms with Gasteiger partial charge in [-0.2, -0.15) is 0 Å². The average molecular weight is 154 g/mol. The monoisotopic (exact) mass is 154 g/mol. The minimum atomic E-state index is -0.437. The quantitative estimate of drug-likeness (QED) is 0.649. The Labute approximate surface area is 65.8 Å². The van der Waals surface area contributed by atoms with E-state index in [4.69, 9.17) is 4.74 Å². The van der Waals surface area contributed by atoms with Gasteiger partial charge in [0.1, 0.15) is 19.0 Å². The van der Waals surface area contributed by atoms with Crippen molar-refractivity contribution in [2.75, 3.05) is 13.3 Å². The standard InChI is InChI=1S/C9H11FO/c1-8-2-4-9(5-3-8)11-7-6-10/h2-5H,6-7H2,1H3. The summed E-state index contributed by atoms with van der Waals surface area (Å²) in [6, 6.07) is 7.55. The number of ether oxygens (including phenoxy) is 1. The van der Waals surface area contributed by atoms with Crippen LogP contribution in [-0.2, 0) is 0 Å². The molecule has 1 aromatic carbocycles. The Morgan fingerprint density at radius 1 is 1.27 bits per heavy atom. The van der Waals surface area contributed by atoms with Gasteiger partial charge >= 0.3 is 0 Å². The Morgan fingerprint density at radius 3 is 2.45 bits per heavy atom. The van der Waals surface area contributed by atoms with Crippen molar-refractivity contribution < 1.29 is 9.13 Å². The van der Waals surface area contributed by atoms with Crippen LogP contribution in [0.4, 0.5) is 4.39 Å². The molecule has 0 spiro atoms. The largest absolute Gasteiger partial charge is 0.491 e. The maximum atomic E-state index is 11.6. The van der Waals surface area contributed by atoms with Gasteiger partial charge in [0.05, 0.1) is 0 Å². The van der Waals surface area contributed by atoms with Gasteiger partial charge in [-0.15, -0.1) is 0 Å². The number of hydrogen-bond donors (Lipinski definition) is 0. The van der Waals surface area contributed by atoms with Crippen LogP contribution < -0.4 is 4.74 Å². The number of halogens is 1. The minimum Gasteiger partial charge on any atom is -0.491 e. The van der Waals surface area contributed by atoms with E-state index in [0.717, 1.165) is 5.75 Å². The fourth-order valence-corrected chi connectivity index (χ4v) is 0.791. The molecule has 0 aliphatic heterocycles. The van der Waals surface area contributed by atoms with Crippen LogP contribution in [0.2, 0.25) is 0 Å². The Bertz CT molecular complexity index is 205. The zero-order valence-corrected chi connectivity index (χ0v) is 6.51. The van der Waals surface area contributed by atoms with Crippen molar-refractivity contribution in [2.24, 2.45) is 0 Å². The van der Waals surface area contributed by atoms with Gasteiger partial charge in [0.25, 0.3) is 0 Å². The maximum Gasteiger partial charge on any atom is 0.123 e. The van der Waals surface area contributed by atoms with Gasteiger partial charge < -0.3 is 4.74 Å². The molecule has 2 heteroatoms. The summed E-state index contributed by atoms with van der Waals surface area (Å²) in [6.45, 7) is 1.70. The van der Waals surface area contributed by atoms with E-state index in [1.807, 2.05) is 31.2 Å². The SMILES string of the molecule is Cc1ccc(OCCF)cc1. The Hall–Kier alpha value is -1.05. The van der Waals surface area contributed by atoms with Crippen LogP contribution in [0.1, 0.15) is 5.56 Å². The molecule has 0 unspecified atom stereocenters. The third-order valence-electron chi connectivity index (χ3n) is 1.37. The van der Waals surface area contributed by atoms with Gasteiger partial charge in [0.15, 0.2) is 0 Å². The van der Waals surface area contributed by atoms with E-state index in [1.54, 1.807) is 0 Å². The molecule has 0 amide bonds. The first-order valence-electron chi connectivity index (χ1n) is 3.58. The van der Waals surface area contributed by atoms with Crippen molar-refractivity contribution in [3.8, 4) is 5.75 Å².